The monoisotopic (exact) mass is 382 g/mol. The number of fused-ring (bicyclic) bond motifs is 1. The number of para-hydroxylation sites is 1. The predicted octanol–water partition coefficient (Wildman–Crippen LogP) is 3.72. The molecule has 6 heteroatoms. The fourth-order valence-corrected chi connectivity index (χ4v) is 4.32. The zero-order valence-electron chi connectivity index (χ0n) is 15.3. The Hall–Kier alpha value is -2.31. The maximum Gasteiger partial charge on any atom is 0.262 e. The molecule has 4 rings (SSSR count). The van der Waals surface area contributed by atoms with Crippen molar-refractivity contribution >= 4 is 22.7 Å². The molecule has 0 bridgehead atoms. The molecule has 0 saturated carbocycles. The SMILES string of the molecule is COc1ccc(Cn2c(SCC3CCCO3)nc3ccccc3c2=O)cc1. The Morgan fingerprint density at radius 2 is 2.04 bits per heavy atom. The van der Waals surface area contributed by atoms with Crippen LogP contribution in [0.25, 0.3) is 10.9 Å². The molecule has 27 heavy (non-hydrogen) atoms. The highest BCUT2D eigenvalue weighted by atomic mass is 32.2. The quantitative estimate of drug-likeness (QED) is 0.480. The van der Waals surface area contributed by atoms with E-state index in [2.05, 4.69) is 0 Å². The topological polar surface area (TPSA) is 53.4 Å². The summed E-state index contributed by atoms with van der Waals surface area (Å²) in [6, 6.07) is 15.3. The van der Waals surface area contributed by atoms with Crippen LogP contribution in [0.3, 0.4) is 0 Å². The van der Waals surface area contributed by atoms with E-state index in [0.717, 1.165) is 47.2 Å². The number of nitrogens with zero attached hydrogens (tertiary/aromatic N) is 2. The van der Waals surface area contributed by atoms with Crippen LogP contribution < -0.4 is 10.3 Å². The van der Waals surface area contributed by atoms with Crippen molar-refractivity contribution in [2.75, 3.05) is 19.5 Å². The van der Waals surface area contributed by atoms with Crippen LogP contribution in [0.15, 0.2) is 58.5 Å². The number of aromatic nitrogens is 2. The second-order valence-electron chi connectivity index (χ2n) is 6.60. The molecule has 1 aliphatic rings. The summed E-state index contributed by atoms with van der Waals surface area (Å²) in [5.74, 6) is 1.61. The summed E-state index contributed by atoms with van der Waals surface area (Å²) >= 11 is 1.60. The number of rotatable bonds is 6. The van der Waals surface area contributed by atoms with Crippen molar-refractivity contribution in [2.24, 2.45) is 0 Å². The first-order valence-corrected chi connectivity index (χ1v) is 10.1. The molecule has 2 heterocycles. The van der Waals surface area contributed by atoms with E-state index >= 15 is 0 Å². The van der Waals surface area contributed by atoms with Crippen molar-refractivity contribution in [3.8, 4) is 5.75 Å². The molecule has 2 aromatic carbocycles. The standard InChI is InChI=1S/C21H22N2O3S/c1-25-16-10-8-15(9-11-16)13-23-20(24)18-6-2-3-7-19(18)22-21(23)27-14-17-5-4-12-26-17/h2-3,6-11,17H,4-5,12-14H2,1H3. The summed E-state index contributed by atoms with van der Waals surface area (Å²) in [5.41, 5.74) is 1.77. The zero-order valence-corrected chi connectivity index (χ0v) is 16.1. The van der Waals surface area contributed by atoms with Gasteiger partial charge in [-0.25, -0.2) is 4.98 Å². The van der Waals surface area contributed by atoms with Crippen LogP contribution in [0.2, 0.25) is 0 Å². The maximum absolute atomic E-state index is 13.1. The van der Waals surface area contributed by atoms with Gasteiger partial charge in [-0.15, -0.1) is 0 Å². The average molecular weight is 382 g/mol. The van der Waals surface area contributed by atoms with Crippen LogP contribution >= 0.6 is 11.8 Å². The molecule has 3 aromatic rings. The van der Waals surface area contributed by atoms with Gasteiger partial charge in [0.2, 0.25) is 0 Å². The van der Waals surface area contributed by atoms with E-state index in [1.165, 1.54) is 0 Å². The van der Waals surface area contributed by atoms with E-state index in [0.29, 0.717) is 11.9 Å². The van der Waals surface area contributed by atoms with E-state index in [-0.39, 0.29) is 11.7 Å². The number of ether oxygens (including phenoxy) is 2. The predicted molar refractivity (Wildman–Crippen MR) is 108 cm³/mol. The van der Waals surface area contributed by atoms with Crippen LogP contribution in [-0.2, 0) is 11.3 Å². The molecule has 1 unspecified atom stereocenters. The van der Waals surface area contributed by atoms with Gasteiger partial charge in [0.15, 0.2) is 5.16 Å². The van der Waals surface area contributed by atoms with Crippen LogP contribution in [0, 0.1) is 0 Å². The lowest BCUT2D eigenvalue weighted by Gasteiger charge is -2.15. The van der Waals surface area contributed by atoms with E-state index in [1.807, 2.05) is 48.5 Å². The molecular weight excluding hydrogens is 360 g/mol. The van der Waals surface area contributed by atoms with E-state index in [4.69, 9.17) is 14.5 Å². The normalized spacial score (nSPS) is 16.7. The number of hydrogen-bond acceptors (Lipinski definition) is 5. The van der Waals surface area contributed by atoms with Gasteiger partial charge in [-0.05, 0) is 42.7 Å². The highest BCUT2D eigenvalue weighted by Gasteiger charge is 2.18. The van der Waals surface area contributed by atoms with Gasteiger partial charge in [-0.1, -0.05) is 36.0 Å². The molecule has 0 aliphatic carbocycles. The van der Waals surface area contributed by atoms with Gasteiger partial charge >= 0.3 is 0 Å². The van der Waals surface area contributed by atoms with Crippen molar-refractivity contribution in [1.29, 1.82) is 0 Å². The maximum atomic E-state index is 13.1. The Balaban J connectivity index is 1.69. The van der Waals surface area contributed by atoms with Crippen molar-refractivity contribution < 1.29 is 9.47 Å². The second kappa shape index (κ2) is 8.15. The van der Waals surface area contributed by atoms with Gasteiger partial charge < -0.3 is 9.47 Å². The van der Waals surface area contributed by atoms with Crippen molar-refractivity contribution in [3.05, 3.63) is 64.4 Å². The zero-order chi connectivity index (χ0) is 18.6. The Bertz CT molecular complexity index is 979. The van der Waals surface area contributed by atoms with Crippen LogP contribution in [0.5, 0.6) is 5.75 Å². The molecule has 1 aliphatic heterocycles. The van der Waals surface area contributed by atoms with Crippen LogP contribution in [0.1, 0.15) is 18.4 Å². The van der Waals surface area contributed by atoms with Crippen molar-refractivity contribution in [3.63, 3.8) is 0 Å². The summed E-state index contributed by atoms with van der Waals surface area (Å²) in [6.07, 6.45) is 2.42. The lowest BCUT2D eigenvalue weighted by molar-refractivity contribution is 0.129. The summed E-state index contributed by atoms with van der Waals surface area (Å²) in [5, 5.41) is 1.39. The first-order chi connectivity index (χ1) is 13.2. The van der Waals surface area contributed by atoms with Gasteiger partial charge in [0, 0.05) is 12.4 Å². The van der Waals surface area contributed by atoms with Gasteiger partial charge in [0.1, 0.15) is 5.75 Å². The highest BCUT2D eigenvalue weighted by Crippen LogP contribution is 2.24. The third kappa shape index (κ3) is 4.01. The fraction of sp³-hybridized carbons (Fsp3) is 0.333. The number of benzene rings is 2. The van der Waals surface area contributed by atoms with Gasteiger partial charge in [0.25, 0.3) is 5.56 Å². The van der Waals surface area contributed by atoms with Crippen LogP contribution in [-0.4, -0.2) is 35.1 Å². The van der Waals surface area contributed by atoms with E-state index < -0.39 is 0 Å². The van der Waals surface area contributed by atoms with Crippen molar-refractivity contribution in [1.82, 2.24) is 9.55 Å². The largest absolute Gasteiger partial charge is 0.497 e. The summed E-state index contributed by atoms with van der Waals surface area (Å²) < 4.78 is 12.7. The smallest absolute Gasteiger partial charge is 0.262 e. The van der Waals surface area contributed by atoms with Gasteiger partial charge in [-0.2, -0.15) is 0 Å². The third-order valence-electron chi connectivity index (χ3n) is 4.75. The Morgan fingerprint density at radius 1 is 1.22 bits per heavy atom. The third-order valence-corrected chi connectivity index (χ3v) is 5.86. The van der Waals surface area contributed by atoms with E-state index in [1.54, 1.807) is 23.4 Å². The summed E-state index contributed by atoms with van der Waals surface area (Å²) in [7, 11) is 1.65. The first-order valence-electron chi connectivity index (χ1n) is 9.11. The molecule has 1 fully saturated rings. The lowest BCUT2D eigenvalue weighted by atomic mass is 10.2. The fourth-order valence-electron chi connectivity index (χ4n) is 3.25. The van der Waals surface area contributed by atoms with Gasteiger partial charge in [-0.3, -0.25) is 9.36 Å². The molecule has 5 nitrogen and oxygen atoms in total. The minimum Gasteiger partial charge on any atom is -0.497 e. The minimum atomic E-state index is -0.00809. The number of hydrogen-bond donors (Lipinski definition) is 0. The molecule has 0 radical (unpaired) electrons. The Kier molecular flexibility index (Phi) is 5.45. The molecule has 0 spiro atoms. The molecule has 0 N–H and O–H groups in total. The molecule has 140 valence electrons. The summed E-state index contributed by atoms with van der Waals surface area (Å²) in [6.45, 7) is 1.31. The Labute approximate surface area is 162 Å². The van der Waals surface area contributed by atoms with Crippen molar-refractivity contribution in [2.45, 2.75) is 30.6 Å². The van der Waals surface area contributed by atoms with Gasteiger partial charge in [0.05, 0.1) is 30.7 Å². The highest BCUT2D eigenvalue weighted by molar-refractivity contribution is 7.99. The molecular formula is C21H22N2O3S. The number of thioether (sulfide) groups is 1. The minimum absolute atomic E-state index is 0.00809. The molecule has 0 amide bonds. The Morgan fingerprint density at radius 3 is 2.78 bits per heavy atom. The van der Waals surface area contributed by atoms with Crippen LogP contribution in [0.4, 0.5) is 0 Å². The number of methoxy groups -OCH3 is 1. The lowest BCUT2D eigenvalue weighted by Crippen LogP contribution is -2.24. The molecule has 1 aromatic heterocycles. The molecule has 1 saturated heterocycles. The average Bonchev–Trinajstić information content (AvgIpc) is 3.23. The van der Waals surface area contributed by atoms with E-state index in [9.17, 15) is 4.79 Å². The first kappa shape index (κ1) is 18.1. The second-order valence-corrected chi connectivity index (χ2v) is 7.58. The summed E-state index contributed by atoms with van der Waals surface area (Å²) in [4.78, 5) is 17.9. The molecule has 1 atom stereocenters.